The third-order valence-corrected chi connectivity index (χ3v) is 4.23. The molecule has 3 nitrogen and oxygen atoms in total. The molecule has 0 fully saturated rings. The summed E-state index contributed by atoms with van der Waals surface area (Å²) in [5, 5.41) is 13.4. The third-order valence-electron chi connectivity index (χ3n) is 4.23. The second kappa shape index (κ2) is 7.86. The van der Waals surface area contributed by atoms with Crippen LogP contribution in [0, 0.1) is 0 Å². The maximum Gasteiger partial charge on any atom is 0.0781 e. The van der Waals surface area contributed by atoms with Crippen LogP contribution in [0.2, 0.25) is 0 Å². The monoisotopic (exact) mass is 332 g/mol. The van der Waals surface area contributed by atoms with Crippen molar-refractivity contribution < 1.29 is 5.11 Å². The van der Waals surface area contributed by atoms with E-state index >= 15 is 0 Å². The van der Waals surface area contributed by atoms with Crippen LogP contribution in [0.1, 0.15) is 24.2 Å². The number of aliphatic hydroxyl groups excluding tert-OH is 1. The number of nitrogens with one attached hydrogen (secondary N) is 1. The zero-order valence-corrected chi connectivity index (χ0v) is 14.7. The summed E-state index contributed by atoms with van der Waals surface area (Å²) in [5.74, 6) is 0. The second-order valence-corrected chi connectivity index (χ2v) is 6.28. The lowest BCUT2D eigenvalue weighted by Gasteiger charge is -2.24. The quantitative estimate of drug-likeness (QED) is 0.657. The first kappa shape index (κ1) is 17.1. The molecule has 3 rings (SSSR count). The number of hydrogen-bond acceptors (Lipinski definition) is 3. The fourth-order valence-electron chi connectivity index (χ4n) is 2.93. The van der Waals surface area contributed by atoms with E-state index < -0.39 is 6.10 Å². The molecule has 0 spiro atoms. The van der Waals surface area contributed by atoms with Gasteiger partial charge < -0.3 is 15.3 Å². The number of para-hydroxylation sites is 2. The van der Waals surface area contributed by atoms with Gasteiger partial charge in [-0.25, -0.2) is 0 Å². The topological polar surface area (TPSA) is 35.5 Å². The van der Waals surface area contributed by atoms with E-state index in [9.17, 15) is 5.11 Å². The highest BCUT2D eigenvalue weighted by molar-refractivity contribution is 5.60. The number of nitrogens with zero attached hydrogens (tertiary/aromatic N) is 1. The Morgan fingerprint density at radius 3 is 2.12 bits per heavy atom. The molecule has 0 aliphatic rings. The van der Waals surface area contributed by atoms with E-state index in [0.29, 0.717) is 0 Å². The Morgan fingerprint density at radius 2 is 1.44 bits per heavy atom. The summed E-state index contributed by atoms with van der Waals surface area (Å²) >= 11 is 0. The van der Waals surface area contributed by atoms with Gasteiger partial charge in [0.25, 0.3) is 0 Å². The van der Waals surface area contributed by atoms with Crippen molar-refractivity contribution in [1.29, 1.82) is 0 Å². The minimum atomic E-state index is -0.476. The van der Waals surface area contributed by atoms with Crippen molar-refractivity contribution in [3.8, 4) is 0 Å². The fourth-order valence-corrected chi connectivity index (χ4v) is 2.93. The molecule has 0 aliphatic heterocycles. The Labute approximate surface area is 149 Å². The summed E-state index contributed by atoms with van der Waals surface area (Å²) in [7, 11) is 2.05. The van der Waals surface area contributed by atoms with Crippen molar-refractivity contribution in [2.75, 3.05) is 17.3 Å². The van der Waals surface area contributed by atoms with Crippen molar-refractivity contribution in [3.05, 3.63) is 90.0 Å². The molecule has 128 valence electrons. The van der Waals surface area contributed by atoms with Crippen LogP contribution in [-0.4, -0.2) is 12.2 Å². The van der Waals surface area contributed by atoms with Crippen LogP contribution in [0.25, 0.3) is 0 Å². The van der Waals surface area contributed by atoms with Gasteiger partial charge in [0, 0.05) is 36.2 Å². The maximum absolute atomic E-state index is 9.96. The predicted octanol–water partition coefficient (Wildman–Crippen LogP) is 5.12. The van der Waals surface area contributed by atoms with Crippen LogP contribution in [0.15, 0.2) is 78.9 Å². The van der Waals surface area contributed by atoms with Crippen LogP contribution in [0.3, 0.4) is 0 Å². The van der Waals surface area contributed by atoms with Gasteiger partial charge in [-0.05, 0) is 42.8 Å². The molecule has 0 amide bonds. The molecule has 0 saturated heterocycles. The molecule has 0 aromatic heterocycles. The van der Waals surface area contributed by atoms with E-state index in [1.165, 1.54) is 5.56 Å². The summed E-state index contributed by atoms with van der Waals surface area (Å²) in [6.07, 6.45) is -0.476. The van der Waals surface area contributed by atoms with E-state index in [0.717, 1.165) is 29.2 Å². The standard InChI is InChI=1S/C22H24N2O/c1-17(25)21-10-6-7-11-22(21)24(2)16-18-12-14-20(15-13-18)23-19-8-4-3-5-9-19/h3-15,17,23,25H,16H2,1-2H3/t17-/m0/s1. The van der Waals surface area contributed by atoms with Crippen molar-refractivity contribution in [1.82, 2.24) is 0 Å². The first-order chi connectivity index (χ1) is 12.1. The fraction of sp³-hybridized carbons (Fsp3) is 0.182. The molecule has 0 aliphatic carbocycles. The average Bonchev–Trinajstić information content (AvgIpc) is 2.64. The largest absolute Gasteiger partial charge is 0.389 e. The molecular formula is C22H24N2O. The molecular weight excluding hydrogens is 308 g/mol. The SMILES string of the molecule is C[C@H](O)c1ccccc1N(C)Cc1ccc(Nc2ccccc2)cc1. The zero-order valence-electron chi connectivity index (χ0n) is 14.7. The summed E-state index contributed by atoms with van der Waals surface area (Å²) in [6, 6.07) is 26.6. The summed E-state index contributed by atoms with van der Waals surface area (Å²) in [6.45, 7) is 2.59. The van der Waals surface area contributed by atoms with E-state index in [1.54, 1.807) is 6.92 Å². The third kappa shape index (κ3) is 4.40. The van der Waals surface area contributed by atoms with Gasteiger partial charge >= 0.3 is 0 Å². The van der Waals surface area contributed by atoms with E-state index in [-0.39, 0.29) is 0 Å². The number of rotatable bonds is 6. The Morgan fingerprint density at radius 1 is 0.840 bits per heavy atom. The van der Waals surface area contributed by atoms with Crippen molar-refractivity contribution in [2.24, 2.45) is 0 Å². The molecule has 3 aromatic carbocycles. The first-order valence-corrected chi connectivity index (χ1v) is 8.52. The maximum atomic E-state index is 9.96. The summed E-state index contributed by atoms with van der Waals surface area (Å²) in [4.78, 5) is 2.17. The Bertz CT molecular complexity index is 798. The average molecular weight is 332 g/mol. The van der Waals surface area contributed by atoms with Gasteiger partial charge in [0.1, 0.15) is 0 Å². The van der Waals surface area contributed by atoms with Gasteiger partial charge in [-0.2, -0.15) is 0 Å². The Hall–Kier alpha value is -2.78. The summed E-state index contributed by atoms with van der Waals surface area (Å²) < 4.78 is 0. The van der Waals surface area contributed by atoms with Gasteiger partial charge in [0.2, 0.25) is 0 Å². The van der Waals surface area contributed by atoms with Crippen LogP contribution >= 0.6 is 0 Å². The molecule has 3 heteroatoms. The van der Waals surface area contributed by atoms with Gasteiger partial charge in [-0.3, -0.25) is 0 Å². The van der Waals surface area contributed by atoms with E-state index in [1.807, 2.05) is 42.5 Å². The summed E-state index contributed by atoms with van der Waals surface area (Å²) in [5.41, 5.74) is 5.39. The Balaban J connectivity index is 1.69. The van der Waals surface area contributed by atoms with Crippen LogP contribution in [-0.2, 0) is 6.54 Å². The highest BCUT2D eigenvalue weighted by Gasteiger charge is 2.11. The van der Waals surface area contributed by atoms with Crippen LogP contribution in [0.4, 0.5) is 17.1 Å². The minimum absolute atomic E-state index is 0.476. The highest BCUT2D eigenvalue weighted by atomic mass is 16.3. The number of benzene rings is 3. The van der Waals surface area contributed by atoms with Gasteiger partial charge in [0.05, 0.1) is 6.10 Å². The first-order valence-electron chi connectivity index (χ1n) is 8.52. The molecule has 0 heterocycles. The molecule has 3 aromatic rings. The smallest absolute Gasteiger partial charge is 0.0781 e. The number of hydrogen-bond donors (Lipinski definition) is 2. The Kier molecular flexibility index (Phi) is 5.36. The van der Waals surface area contributed by atoms with Gasteiger partial charge in [0.15, 0.2) is 0 Å². The van der Waals surface area contributed by atoms with Crippen molar-refractivity contribution in [3.63, 3.8) is 0 Å². The van der Waals surface area contributed by atoms with Crippen molar-refractivity contribution >= 4 is 17.1 Å². The van der Waals surface area contributed by atoms with Gasteiger partial charge in [-0.15, -0.1) is 0 Å². The zero-order chi connectivity index (χ0) is 17.6. The minimum Gasteiger partial charge on any atom is -0.389 e. The van der Waals surface area contributed by atoms with Crippen LogP contribution < -0.4 is 10.2 Å². The molecule has 0 bridgehead atoms. The molecule has 0 saturated carbocycles. The molecule has 0 unspecified atom stereocenters. The van der Waals surface area contributed by atoms with Crippen molar-refractivity contribution in [2.45, 2.75) is 19.6 Å². The molecule has 2 N–H and O–H groups in total. The number of anilines is 3. The van der Waals surface area contributed by atoms with E-state index in [4.69, 9.17) is 0 Å². The van der Waals surface area contributed by atoms with E-state index in [2.05, 4.69) is 53.7 Å². The van der Waals surface area contributed by atoms with Crippen LogP contribution in [0.5, 0.6) is 0 Å². The normalized spacial score (nSPS) is 11.8. The molecule has 1 atom stereocenters. The highest BCUT2D eigenvalue weighted by Crippen LogP contribution is 2.26. The second-order valence-electron chi connectivity index (χ2n) is 6.28. The molecule has 0 radical (unpaired) electrons. The lowest BCUT2D eigenvalue weighted by molar-refractivity contribution is 0.199. The lowest BCUT2D eigenvalue weighted by atomic mass is 10.1. The number of aliphatic hydroxyl groups is 1. The lowest BCUT2D eigenvalue weighted by Crippen LogP contribution is -2.18. The predicted molar refractivity (Wildman–Crippen MR) is 105 cm³/mol. The van der Waals surface area contributed by atoms with Gasteiger partial charge in [-0.1, -0.05) is 48.5 Å². The molecule has 25 heavy (non-hydrogen) atoms.